The van der Waals surface area contributed by atoms with Crippen molar-refractivity contribution in [1.29, 1.82) is 0 Å². The molecule has 0 unspecified atom stereocenters. The van der Waals surface area contributed by atoms with Crippen LogP contribution in [0.3, 0.4) is 0 Å². The van der Waals surface area contributed by atoms with Crippen molar-refractivity contribution in [2.24, 2.45) is 0 Å². The van der Waals surface area contributed by atoms with Crippen LogP contribution >= 0.6 is 0 Å². The predicted molar refractivity (Wildman–Crippen MR) is 93.8 cm³/mol. The summed E-state index contributed by atoms with van der Waals surface area (Å²) in [5.41, 5.74) is 1.93. The second-order valence-electron chi connectivity index (χ2n) is 6.40. The van der Waals surface area contributed by atoms with Gasteiger partial charge in [-0.3, -0.25) is 9.20 Å². The Kier molecular flexibility index (Phi) is 4.40. The number of hydrogen-bond acceptors (Lipinski definition) is 6. The molecule has 1 N–H and O–H groups in total. The fraction of sp³-hybridized carbons (Fsp3) is 0.294. The number of carbonyl (C=O) groups is 1. The van der Waals surface area contributed by atoms with E-state index in [2.05, 4.69) is 30.6 Å². The standard InChI is InChI=1S/C17H15F3N8O/c1-9-11(10(2)28-16(22-9)23-15(26-28)17(18,19)20)7-14(29)21-8-13-25-24-12-5-3-4-6-27(12)13/h3-6H,7-8H2,1-2H3,(H,21,29). The maximum absolute atomic E-state index is 12.9. The third-order valence-corrected chi connectivity index (χ3v) is 4.47. The second kappa shape index (κ2) is 6.79. The SMILES string of the molecule is Cc1nc2nc(C(F)(F)F)nn2c(C)c1CC(=O)NCc1nnc2ccccn12. The van der Waals surface area contributed by atoms with Crippen molar-refractivity contribution in [3.63, 3.8) is 0 Å². The lowest BCUT2D eigenvalue weighted by atomic mass is 10.1. The molecule has 0 bridgehead atoms. The molecule has 150 valence electrons. The average molecular weight is 404 g/mol. The van der Waals surface area contributed by atoms with E-state index in [1.165, 1.54) is 0 Å². The zero-order valence-electron chi connectivity index (χ0n) is 15.4. The normalized spacial score (nSPS) is 12.0. The number of nitrogens with one attached hydrogen (secondary N) is 1. The van der Waals surface area contributed by atoms with Crippen LogP contribution in [0.5, 0.6) is 0 Å². The zero-order valence-corrected chi connectivity index (χ0v) is 15.4. The Balaban J connectivity index is 1.54. The van der Waals surface area contributed by atoms with E-state index in [1.807, 2.05) is 12.1 Å². The quantitative estimate of drug-likeness (QED) is 0.555. The molecule has 4 heterocycles. The van der Waals surface area contributed by atoms with Gasteiger partial charge >= 0.3 is 6.18 Å². The number of carbonyl (C=O) groups excluding carboxylic acids is 1. The molecule has 0 radical (unpaired) electrons. The van der Waals surface area contributed by atoms with E-state index in [0.717, 1.165) is 4.52 Å². The van der Waals surface area contributed by atoms with Gasteiger partial charge in [0, 0.05) is 23.1 Å². The molecule has 0 spiro atoms. The Bertz CT molecular complexity index is 1230. The minimum absolute atomic E-state index is 0.0709. The first-order valence-electron chi connectivity index (χ1n) is 8.59. The van der Waals surface area contributed by atoms with Crippen molar-refractivity contribution in [3.05, 3.63) is 53.0 Å². The number of fused-ring (bicyclic) bond motifs is 2. The Hall–Kier alpha value is -3.57. The number of amides is 1. The maximum Gasteiger partial charge on any atom is 0.453 e. The van der Waals surface area contributed by atoms with Gasteiger partial charge in [-0.25, -0.2) is 9.50 Å². The highest BCUT2D eigenvalue weighted by Crippen LogP contribution is 2.27. The van der Waals surface area contributed by atoms with Crippen LogP contribution in [0.1, 0.15) is 28.6 Å². The highest BCUT2D eigenvalue weighted by molar-refractivity contribution is 5.79. The number of hydrogen-bond donors (Lipinski definition) is 1. The minimum atomic E-state index is -4.67. The van der Waals surface area contributed by atoms with Crippen molar-refractivity contribution >= 4 is 17.3 Å². The first-order chi connectivity index (χ1) is 13.7. The van der Waals surface area contributed by atoms with Gasteiger partial charge in [0.25, 0.3) is 11.6 Å². The summed E-state index contributed by atoms with van der Waals surface area (Å²) < 4.78 is 41.4. The second-order valence-corrected chi connectivity index (χ2v) is 6.40. The summed E-state index contributed by atoms with van der Waals surface area (Å²) in [6.07, 6.45) is -2.96. The molecule has 4 aromatic rings. The fourth-order valence-electron chi connectivity index (χ4n) is 3.00. The average Bonchev–Trinajstić information content (AvgIpc) is 3.27. The lowest BCUT2D eigenvalue weighted by Gasteiger charge is -2.10. The molecule has 9 nitrogen and oxygen atoms in total. The fourth-order valence-corrected chi connectivity index (χ4v) is 3.00. The van der Waals surface area contributed by atoms with Crippen molar-refractivity contribution in [2.75, 3.05) is 0 Å². The number of pyridine rings is 1. The van der Waals surface area contributed by atoms with E-state index in [9.17, 15) is 18.0 Å². The molecule has 0 atom stereocenters. The zero-order chi connectivity index (χ0) is 20.8. The van der Waals surface area contributed by atoms with Gasteiger partial charge < -0.3 is 5.32 Å². The van der Waals surface area contributed by atoms with Crippen LogP contribution in [-0.2, 0) is 23.9 Å². The van der Waals surface area contributed by atoms with Crippen molar-refractivity contribution < 1.29 is 18.0 Å². The van der Waals surface area contributed by atoms with Crippen LogP contribution in [0, 0.1) is 13.8 Å². The summed E-state index contributed by atoms with van der Waals surface area (Å²) in [6, 6.07) is 5.44. The molecule has 0 fully saturated rings. The number of nitrogens with zero attached hydrogens (tertiary/aromatic N) is 7. The van der Waals surface area contributed by atoms with E-state index in [4.69, 9.17) is 0 Å². The van der Waals surface area contributed by atoms with Gasteiger partial charge in [0.1, 0.15) is 0 Å². The summed E-state index contributed by atoms with van der Waals surface area (Å²) >= 11 is 0. The Labute approximate surface area is 161 Å². The van der Waals surface area contributed by atoms with E-state index in [0.29, 0.717) is 28.4 Å². The van der Waals surface area contributed by atoms with Gasteiger partial charge in [0.15, 0.2) is 11.5 Å². The van der Waals surface area contributed by atoms with Gasteiger partial charge in [-0.15, -0.1) is 15.3 Å². The maximum atomic E-state index is 12.9. The van der Waals surface area contributed by atoms with Crippen LogP contribution < -0.4 is 5.32 Å². The van der Waals surface area contributed by atoms with Crippen LogP contribution in [0.4, 0.5) is 13.2 Å². The van der Waals surface area contributed by atoms with Gasteiger partial charge in [0.2, 0.25) is 5.91 Å². The Morgan fingerprint density at radius 2 is 1.97 bits per heavy atom. The number of alkyl halides is 3. The first kappa shape index (κ1) is 18.8. The molecule has 1 amide bonds. The minimum Gasteiger partial charge on any atom is -0.348 e. The molecule has 0 aliphatic carbocycles. The highest BCUT2D eigenvalue weighted by Gasteiger charge is 2.37. The van der Waals surface area contributed by atoms with E-state index >= 15 is 0 Å². The number of rotatable bonds is 4. The number of aromatic nitrogens is 7. The molecule has 0 saturated carbocycles. The van der Waals surface area contributed by atoms with E-state index in [-0.39, 0.29) is 24.7 Å². The molecule has 0 aliphatic heterocycles. The first-order valence-corrected chi connectivity index (χ1v) is 8.59. The van der Waals surface area contributed by atoms with Crippen LogP contribution in [0.25, 0.3) is 11.4 Å². The predicted octanol–water partition coefficient (Wildman–Crippen LogP) is 1.66. The molecule has 0 aromatic carbocycles. The van der Waals surface area contributed by atoms with Gasteiger partial charge in [-0.2, -0.15) is 18.2 Å². The third kappa shape index (κ3) is 3.48. The van der Waals surface area contributed by atoms with Crippen LogP contribution in [-0.4, -0.2) is 40.1 Å². The summed E-state index contributed by atoms with van der Waals surface area (Å²) in [5.74, 6) is -1.21. The summed E-state index contributed by atoms with van der Waals surface area (Å²) in [6.45, 7) is 3.34. The van der Waals surface area contributed by atoms with Crippen LogP contribution in [0.2, 0.25) is 0 Å². The lowest BCUT2D eigenvalue weighted by molar-refractivity contribution is -0.144. The van der Waals surface area contributed by atoms with Crippen molar-refractivity contribution in [2.45, 2.75) is 33.0 Å². The lowest BCUT2D eigenvalue weighted by Crippen LogP contribution is -2.26. The van der Waals surface area contributed by atoms with Gasteiger partial charge in [-0.1, -0.05) is 6.07 Å². The Morgan fingerprint density at radius 3 is 2.72 bits per heavy atom. The van der Waals surface area contributed by atoms with E-state index in [1.54, 1.807) is 30.5 Å². The van der Waals surface area contributed by atoms with Crippen molar-refractivity contribution in [1.82, 2.24) is 39.5 Å². The van der Waals surface area contributed by atoms with Crippen molar-refractivity contribution in [3.8, 4) is 0 Å². The number of aryl methyl sites for hydroxylation is 2. The summed E-state index contributed by atoms with van der Waals surface area (Å²) in [5, 5.41) is 14.3. The summed E-state index contributed by atoms with van der Waals surface area (Å²) in [7, 11) is 0. The van der Waals surface area contributed by atoms with Gasteiger partial charge in [-0.05, 0) is 26.0 Å². The molecule has 4 aromatic heterocycles. The molecule has 4 rings (SSSR count). The van der Waals surface area contributed by atoms with Gasteiger partial charge in [0.05, 0.1) is 13.0 Å². The monoisotopic (exact) mass is 404 g/mol. The highest BCUT2D eigenvalue weighted by atomic mass is 19.4. The topological polar surface area (TPSA) is 102 Å². The van der Waals surface area contributed by atoms with Crippen LogP contribution in [0.15, 0.2) is 24.4 Å². The number of halogens is 3. The smallest absolute Gasteiger partial charge is 0.348 e. The molecule has 0 aliphatic rings. The summed E-state index contributed by atoms with van der Waals surface area (Å²) in [4.78, 5) is 19.9. The molecule has 29 heavy (non-hydrogen) atoms. The molecular formula is C17H15F3N8O. The largest absolute Gasteiger partial charge is 0.453 e. The Morgan fingerprint density at radius 1 is 1.17 bits per heavy atom. The molecular weight excluding hydrogens is 389 g/mol. The third-order valence-electron chi connectivity index (χ3n) is 4.47. The van der Waals surface area contributed by atoms with E-state index < -0.39 is 12.0 Å². The molecule has 12 heteroatoms. The molecule has 0 saturated heterocycles.